The fourth-order valence-electron chi connectivity index (χ4n) is 2.04. The summed E-state index contributed by atoms with van der Waals surface area (Å²) < 4.78 is 31.7. The van der Waals surface area contributed by atoms with E-state index in [2.05, 4.69) is 24.6 Å². The van der Waals surface area contributed by atoms with Gasteiger partial charge in [0.1, 0.15) is 0 Å². The summed E-state index contributed by atoms with van der Waals surface area (Å²) >= 11 is 0. The molecule has 0 aliphatic carbocycles. The Morgan fingerprint density at radius 1 is 1.42 bits per heavy atom. The summed E-state index contributed by atoms with van der Waals surface area (Å²) in [5.74, 6) is -2.75. The summed E-state index contributed by atoms with van der Waals surface area (Å²) in [6.45, 7) is 7.00. The van der Waals surface area contributed by atoms with Crippen LogP contribution in [-0.2, 0) is 9.59 Å². The Morgan fingerprint density at radius 2 is 2.04 bits per heavy atom. The van der Waals surface area contributed by atoms with Crippen LogP contribution in [0.1, 0.15) is 17.5 Å². The number of aliphatic carboxylic acids is 1. The highest BCUT2D eigenvalue weighted by atomic mass is 19.4. The molecule has 0 saturated carbocycles. The second-order valence-electron chi connectivity index (χ2n) is 4.96. The van der Waals surface area contributed by atoms with Crippen molar-refractivity contribution in [2.75, 3.05) is 13.1 Å². The zero-order valence-corrected chi connectivity index (χ0v) is 13.0. The van der Waals surface area contributed by atoms with Gasteiger partial charge in [0.15, 0.2) is 0 Å². The van der Waals surface area contributed by atoms with Crippen molar-refractivity contribution in [2.24, 2.45) is 0 Å². The van der Waals surface area contributed by atoms with Gasteiger partial charge in [0.05, 0.1) is 0 Å². The van der Waals surface area contributed by atoms with Gasteiger partial charge < -0.3 is 10.0 Å². The maximum atomic E-state index is 11.4. The lowest BCUT2D eigenvalue weighted by Gasteiger charge is -2.25. The quantitative estimate of drug-likeness (QED) is 0.839. The summed E-state index contributed by atoms with van der Waals surface area (Å²) in [5.41, 5.74) is 3.71. The first-order valence-corrected chi connectivity index (χ1v) is 6.98. The standard InChI is InChI=1S/C14H16N2O.C2HF3O2/c1-3-14(17)16-8-5-12(6-9-16)13-10-15-7-4-11(13)2;3-2(4,5)1(6)7/h3-5,7,10H,1,6,8-9H2,2H3;(H,6,7). The van der Waals surface area contributed by atoms with Crippen molar-refractivity contribution in [1.29, 1.82) is 0 Å². The maximum Gasteiger partial charge on any atom is 0.490 e. The Hall–Kier alpha value is -2.64. The lowest BCUT2D eigenvalue weighted by molar-refractivity contribution is -0.192. The first kappa shape index (κ1) is 19.4. The molecule has 0 aromatic carbocycles. The molecule has 2 rings (SSSR count). The number of hydrogen-bond acceptors (Lipinski definition) is 3. The van der Waals surface area contributed by atoms with Crippen LogP contribution in [-0.4, -0.2) is 46.1 Å². The number of alkyl halides is 3. The van der Waals surface area contributed by atoms with Gasteiger partial charge in [-0.2, -0.15) is 13.2 Å². The molecular weight excluding hydrogens is 325 g/mol. The summed E-state index contributed by atoms with van der Waals surface area (Å²) in [4.78, 5) is 26.3. The highest BCUT2D eigenvalue weighted by Crippen LogP contribution is 2.24. The molecule has 8 heteroatoms. The minimum absolute atomic E-state index is 0.00297. The number of carbonyl (C=O) groups is 2. The number of nitrogens with zero attached hydrogens (tertiary/aromatic N) is 2. The van der Waals surface area contributed by atoms with Gasteiger partial charge in [0, 0.05) is 25.5 Å². The third-order valence-corrected chi connectivity index (χ3v) is 3.32. The molecule has 0 fully saturated rings. The van der Waals surface area contributed by atoms with E-state index in [9.17, 15) is 18.0 Å². The number of aryl methyl sites for hydroxylation is 1. The van der Waals surface area contributed by atoms with E-state index in [1.807, 2.05) is 12.3 Å². The van der Waals surface area contributed by atoms with Crippen molar-refractivity contribution < 1.29 is 27.9 Å². The van der Waals surface area contributed by atoms with Gasteiger partial charge in [0.2, 0.25) is 5.91 Å². The molecule has 130 valence electrons. The smallest absolute Gasteiger partial charge is 0.475 e. The van der Waals surface area contributed by atoms with E-state index in [-0.39, 0.29) is 5.91 Å². The van der Waals surface area contributed by atoms with Gasteiger partial charge in [-0.05, 0) is 42.2 Å². The van der Waals surface area contributed by atoms with Crippen LogP contribution >= 0.6 is 0 Å². The molecule has 0 spiro atoms. The summed E-state index contributed by atoms with van der Waals surface area (Å²) in [6, 6.07) is 2.01. The monoisotopic (exact) mass is 342 g/mol. The van der Waals surface area contributed by atoms with Crippen LogP contribution in [0.25, 0.3) is 5.57 Å². The van der Waals surface area contributed by atoms with Gasteiger partial charge in [-0.3, -0.25) is 9.78 Å². The van der Waals surface area contributed by atoms with E-state index in [1.54, 1.807) is 11.1 Å². The Balaban J connectivity index is 0.000000351. The molecule has 0 unspecified atom stereocenters. The lowest BCUT2D eigenvalue weighted by atomic mass is 9.97. The zero-order valence-electron chi connectivity index (χ0n) is 13.0. The molecule has 0 radical (unpaired) electrons. The van der Waals surface area contributed by atoms with Crippen LogP contribution in [0.4, 0.5) is 13.2 Å². The number of pyridine rings is 1. The van der Waals surface area contributed by atoms with Crippen molar-refractivity contribution in [3.8, 4) is 0 Å². The first-order valence-electron chi connectivity index (χ1n) is 6.98. The number of amides is 1. The number of hydrogen-bond donors (Lipinski definition) is 1. The number of carboxylic acids is 1. The van der Waals surface area contributed by atoms with E-state index in [1.165, 1.54) is 22.8 Å². The van der Waals surface area contributed by atoms with Gasteiger partial charge >= 0.3 is 12.1 Å². The number of carboxylic acid groups (broad SMARTS) is 1. The van der Waals surface area contributed by atoms with Crippen molar-refractivity contribution in [1.82, 2.24) is 9.88 Å². The minimum Gasteiger partial charge on any atom is -0.475 e. The summed E-state index contributed by atoms with van der Waals surface area (Å²) in [6.07, 6.45) is 2.97. The second kappa shape index (κ2) is 8.28. The molecule has 0 bridgehead atoms. The fraction of sp³-hybridized carbons (Fsp3) is 0.312. The highest BCUT2D eigenvalue weighted by Gasteiger charge is 2.38. The van der Waals surface area contributed by atoms with Crippen LogP contribution in [0.5, 0.6) is 0 Å². The molecule has 2 heterocycles. The average molecular weight is 342 g/mol. The van der Waals surface area contributed by atoms with Crippen LogP contribution in [0.2, 0.25) is 0 Å². The van der Waals surface area contributed by atoms with Crippen molar-refractivity contribution in [3.05, 3.63) is 48.3 Å². The molecule has 1 N–H and O–H groups in total. The Bertz CT molecular complexity index is 654. The third-order valence-electron chi connectivity index (χ3n) is 3.32. The van der Waals surface area contributed by atoms with Gasteiger partial charge in [-0.15, -0.1) is 0 Å². The topological polar surface area (TPSA) is 70.5 Å². The van der Waals surface area contributed by atoms with E-state index in [0.29, 0.717) is 6.54 Å². The van der Waals surface area contributed by atoms with Crippen molar-refractivity contribution in [2.45, 2.75) is 19.5 Å². The number of rotatable bonds is 2. The molecule has 1 amide bonds. The molecule has 1 aromatic heterocycles. The van der Waals surface area contributed by atoms with Crippen LogP contribution in [0.3, 0.4) is 0 Å². The molecule has 0 atom stereocenters. The van der Waals surface area contributed by atoms with E-state index < -0.39 is 12.1 Å². The second-order valence-corrected chi connectivity index (χ2v) is 4.96. The van der Waals surface area contributed by atoms with Gasteiger partial charge in [-0.1, -0.05) is 12.7 Å². The lowest BCUT2D eigenvalue weighted by Crippen LogP contribution is -2.33. The summed E-state index contributed by atoms with van der Waals surface area (Å²) in [7, 11) is 0. The minimum atomic E-state index is -5.08. The number of halogens is 3. The average Bonchev–Trinajstić information content (AvgIpc) is 2.54. The fourth-order valence-corrected chi connectivity index (χ4v) is 2.04. The molecule has 0 saturated heterocycles. The zero-order chi connectivity index (χ0) is 18.3. The normalized spacial score (nSPS) is 14.2. The largest absolute Gasteiger partial charge is 0.490 e. The maximum absolute atomic E-state index is 11.4. The predicted octanol–water partition coefficient (Wildman–Crippen LogP) is 2.83. The molecule has 24 heavy (non-hydrogen) atoms. The highest BCUT2D eigenvalue weighted by molar-refractivity contribution is 5.88. The Morgan fingerprint density at radius 3 is 2.46 bits per heavy atom. The van der Waals surface area contributed by atoms with Gasteiger partial charge in [-0.25, -0.2) is 4.79 Å². The number of carbonyl (C=O) groups excluding carboxylic acids is 1. The third kappa shape index (κ3) is 5.53. The Kier molecular flexibility index (Phi) is 6.69. The molecule has 1 aromatic rings. The van der Waals surface area contributed by atoms with E-state index in [0.717, 1.165) is 13.0 Å². The van der Waals surface area contributed by atoms with E-state index >= 15 is 0 Å². The van der Waals surface area contributed by atoms with E-state index in [4.69, 9.17) is 9.90 Å². The van der Waals surface area contributed by atoms with Crippen LogP contribution < -0.4 is 0 Å². The molecule has 1 aliphatic rings. The Labute approximate surface area is 137 Å². The first-order chi connectivity index (χ1) is 11.2. The van der Waals surface area contributed by atoms with Crippen LogP contribution in [0, 0.1) is 6.92 Å². The summed E-state index contributed by atoms with van der Waals surface area (Å²) in [5, 5.41) is 7.12. The number of aromatic nitrogens is 1. The SMILES string of the molecule is C=CC(=O)N1CC=C(c2cnccc2C)CC1.O=C(O)C(F)(F)F. The van der Waals surface area contributed by atoms with Gasteiger partial charge in [0.25, 0.3) is 0 Å². The van der Waals surface area contributed by atoms with Crippen LogP contribution in [0.15, 0.2) is 37.2 Å². The molecule has 5 nitrogen and oxygen atoms in total. The predicted molar refractivity (Wildman–Crippen MR) is 82.0 cm³/mol. The molecule has 1 aliphatic heterocycles. The molecular formula is C16H17F3N2O3. The van der Waals surface area contributed by atoms with Crippen molar-refractivity contribution in [3.63, 3.8) is 0 Å². The van der Waals surface area contributed by atoms with Crippen molar-refractivity contribution >= 4 is 17.4 Å².